The molecule has 0 saturated carbocycles. The molecule has 2 N–H and O–H groups in total. The Morgan fingerprint density at radius 3 is 2.62 bits per heavy atom. The molecule has 0 unspecified atom stereocenters. The number of sulfonamides is 1. The Bertz CT molecular complexity index is 806. The first-order chi connectivity index (χ1) is 9.79. The number of nitrogens with one attached hydrogen (secondary N) is 1. The predicted molar refractivity (Wildman–Crippen MR) is 73.1 cm³/mol. The number of benzene rings is 1. The molecule has 0 aliphatic rings. The summed E-state index contributed by atoms with van der Waals surface area (Å²) in [5.74, 6) is -2.37. The van der Waals surface area contributed by atoms with Crippen molar-refractivity contribution < 1.29 is 22.7 Å². The molecule has 0 fully saturated rings. The first-order valence-electron chi connectivity index (χ1n) is 5.79. The molecule has 1 aromatic carbocycles. The Morgan fingerprint density at radius 1 is 1.29 bits per heavy atom. The van der Waals surface area contributed by atoms with E-state index in [1.807, 2.05) is 0 Å². The third-order valence-corrected chi connectivity index (χ3v) is 3.96. The van der Waals surface area contributed by atoms with E-state index >= 15 is 0 Å². The van der Waals surface area contributed by atoms with Crippen LogP contribution in [0.2, 0.25) is 0 Å². The average molecular weight is 310 g/mol. The third-order valence-electron chi connectivity index (χ3n) is 2.59. The average Bonchev–Trinajstić information content (AvgIpc) is 2.38. The van der Waals surface area contributed by atoms with Crippen LogP contribution < -0.4 is 4.72 Å². The van der Waals surface area contributed by atoms with Crippen LogP contribution in [0.25, 0.3) is 0 Å². The Balaban J connectivity index is 2.44. The van der Waals surface area contributed by atoms with Gasteiger partial charge in [-0.1, -0.05) is 6.07 Å². The number of carbonyl (C=O) groups is 1. The summed E-state index contributed by atoms with van der Waals surface area (Å²) in [4.78, 5) is 14.0. The lowest BCUT2D eigenvalue weighted by Crippen LogP contribution is -2.16. The molecule has 0 bridgehead atoms. The van der Waals surface area contributed by atoms with Crippen molar-refractivity contribution in [2.45, 2.75) is 11.8 Å². The van der Waals surface area contributed by atoms with Crippen molar-refractivity contribution in [2.24, 2.45) is 0 Å². The molecule has 8 heteroatoms. The van der Waals surface area contributed by atoms with Crippen LogP contribution in [0.15, 0.2) is 41.3 Å². The predicted octanol–water partition coefficient (Wildman–Crippen LogP) is 2.03. The molecule has 21 heavy (non-hydrogen) atoms. The lowest BCUT2D eigenvalue weighted by atomic mass is 10.2. The zero-order valence-electron chi connectivity index (χ0n) is 10.9. The van der Waals surface area contributed by atoms with Crippen molar-refractivity contribution in [2.75, 3.05) is 4.72 Å². The summed E-state index contributed by atoms with van der Waals surface area (Å²) in [7, 11) is -4.27. The third kappa shape index (κ3) is 3.34. The van der Waals surface area contributed by atoms with Crippen molar-refractivity contribution in [3.63, 3.8) is 0 Å². The number of nitrogens with zero attached hydrogens (tertiary/aromatic N) is 1. The van der Waals surface area contributed by atoms with Crippen LogP contribution in [0.5, 0.6) is 0 Å². The molecule has 6 nitrogen and oxygen atoms in total. The number of anilines is 1. The summed E-state index contributed by atoms with van der Waals surface area (Å²) < 4.78 is 40.0. The van der Waals surface area contributed by atoms with Gasteiger partial charge in [-0.05, 0) is 37.3 Å². The van der Waals surface area contributed by atoms with Gasteiger partial charge in [-0.2, -0.15) is 0 Å². The second-order valence-electron chi connectivity index (χ2n) is 4.22. The highest BCUT2D eigenvalue weighted by Gasteiger charge is 2.21. The molecule has 110 valence electrons. The largest absolute Gasteiger partial charge is 0.478 e. The number of hydrogen-bond donors (Lipinski definition) is 2. The molecule has 0 spiro atoms. The number of carboxylic acids is 1. The number of carboxylic acid groups (broad SMARTS) is 1. The molecule has 0 atom stereocenters. The van der Waals surface area contributed by atoms with Crippen LogP contribution in [0.1, 0.15) is 16.1 Å². The zero-order valence-corrected chi connectivity index (χ0v) is 11.7. The van der Waals surface area contributed by atoms with Gasteiger partial charge in [-0.3, -0.25) is 4.72 Å². The van der Waals surface area contributed by atoms with Gasteiger partial charge in [0.15, 0.2) is 0 Å². The smallest absolute Gasteiger partial charge is 0.335 e. The minimum atomic E-state index is -4.27. The number of aryl methyl sites for hydroxylation is 1. The summed E-state index contributed by atoms with van der Waals surface area (Å²) in [5, 5.41) is 8.84. The quantitative estimate of drug-likeness (QED) is 0.900. The van der Waals surface area contributed by atoms with Gasteiger partial charge >= 0.3 is 5.97 Å². The lowest BCUT2D eigenvalue weighted by molar-refractivity contribution is 0.0696. The van der Waals surface area contributed by atoms with E-state index in [4.69, 9.17) is 5.11 Å². The van der Waals surface area contributed by atoms with Crippen LogP contribution in [0.4, 0.5) is 10.2 Å². The van der Waals surface area contributed by atoms with E-state index < -0.39 is 26.7 Å². The SMILES string of the molecule is Cc1cccc(NS(=O)(=O)c2cc(C(=O)O)ccc2F)n1. The van der Waals surface area contributed by atoms with Gasteiger partial charge in [-0.25, -0.2) is 22.6 Å². The molecule has 0 aliphatic heterocycles. The van der Waals surface area contributed by atoms with Crippen molar-refractivity contribution in [3.8, 4) is 0 Å². The van der Waals surface area contributed by atoms with Gasteiger partial charge in [0.1, 0.15) is 16.5 Å². The molecule has 0 amide bonds. The number of rotatable bonds is 4. The molecular formula is C13H11FN2O4S. The van der Waals surface area contributed by atoms with E-state index in [2.05, 4.69) is 9.71 Å². The van der Waals surface area contributed by atoms with E-state index in [0.29, 0.717) is 5.69 Å². The molecule has 2 rings (SSSR count). The first-order valence-corrected chi connectivity index (χ1v) is 7.27. The highest BCUT2D eigenvalue weighted by molar-refractivity contribution is 7.92. The van der Waals surface area contributed by atoms with Crippen molar-refractivity contribution >= 4 is 21.8 Å². The topological polar surface area (TPSA) is 96.4 Å². The van der Waals surface area contributed by atoms with Gasteiger partial charge in [-0.15, -0.1) is 0 Å². The minimum absolute atomic E-state index is 0.0233. The monoisotopic (exact) mass is 310 g/mol. The van der Waals surface area contributed by atoms with E-state index in [-0.39, 0.29) is 11.4 Å². The second-order valence-corrected chi connectivity index (χ2v) is 5.87. The van der Waals surface area contributed by atoms with Gasteiger partial charge < -0.3 is 5.11 Å². The number of aromatic carboxylic acids is 1. The first kappa shape index (κ1) is 14.9. The molecule has 0 radical (unpaired) electrons. The maximum Gasteiger partial charge on any atom is 0.335 e. The van der Waals surface area contributed by atoms with Crippen LogP contribution in [-0.2, 0) is 10.0 Å². The van der Waals surface area contributed by atoms with Crippen LogP contribution in [-0.4, -0.2) is 24.5 Å². The van der Waals surface area contributed by atoms with E-state index in [1.165, 1.54) is 6.07 Å². The summed E-state index contributed by atoms with van der Waals surface area (Å²) in [5.41, 5.74) is 0.254. The Hall–Kier alpha value is -2.48. The molecule has 1 heterocycles. The van der Waals surface area contributed by atoms with Gasteiger partial charge in [0.2, 0.25) is 0 Å². The highest BCUT2D eigenvalue weighted by Crippen LogP contribution is 2.19. The van der Waals surface area contributed by atoms with Crippen LogP contribution in [0.3, 0.4) is 0 Å². The maximum absolute atomic E-state index is 13.7. The highest BCUT2D eigenvalue weighted by atomic mass is 32.2. The van der Waals surface area contributed by atoms with E-state index in [0.717, 1.165) is 18.2 Å². The molecule has 0 saturated heterocycles. The number of aromatic nitrogens is 1. The Labute approximate surface area is 120 Å². The number of hydrogen-bond acceptors (Lipinski definition) is 4. The van der Waals surface area contributed by atoms with Crippen LogP contribution in [0, 0.1) is 12.7 Å². The standard InChI is InChI=1S/C13H11FN2O4S/c1-8-3-2-4-12(15-8)16-21(19,20)11-7-9(13(17)18)5-6-10(11)14/h2-7H,1H3,(H,15,16)(H,17,18). The van der Waals surface area contributed by atoms with Crippen molar-refractivity contribution in [1.29, 1.82) is 0 Å². The van der Waals surface area contributed by atoms with Gasteiger partial charge in [0.25, 0.3) is 10.0 Å². The summed E-state index contributed by atoms with van der Waals surface area (Å²) in [6, 6.07) is 7.20. The van der Waals surface area contributed by atoms with Crippen molar-refractivity contribution in [3.05, 3.63) is 53.5 Å². The summed E-state index contributed by atoms with van der Waals surface area (Å²) in [6.07, 6.45) is 0. The second kappa shape index (κ2) is 5.49. The van der Waals surface area contributed by atoms with Crippen LogP contribution >= 0.6 is 0 Å². The maximum atomic E-state index is 13.7. The molecular weight excluding hydrogens is 299 g/mol. The Morgan fingerprint density at radius 2 is 2.00 bits per heavy atom. The zero-order chi connectivity index (χ0) is 15.6. The van der Waals surface area contributed by atoms with E-state index in [9.17, 15) is 17.6 Å². The normalized spacial score (nSPS) is 11.1. The number of pyridine rings is 1. The fraction of sp³-hybridized carbons (Fsp3) is 0.0769. The van der Waals surface area contributed by atoms with E-state index in [1.54, 1.807) is 19.1 Å². The lowest BCUT2D eigenvalue weighted by Gasteiger charge is -2.09. The summed E-state index contributed by atoms with van der Waals surface area (Å²) >= 11 is 0. The fourth-order valence-corrected chi connectivity index (χ4v) is 2.74. The molecule has 1 aromatic heterocycles. The minimum Gasteiger partial charge on any atom is -0.478 e. The van der Waals surface area contributed by atoms with Gasteiger partial charge in [0, 0.05) is 5.69 Å². The Kier molecular flexibility index (Phi) is 3.90. The van der Waals surface area contributed by atoms with Gasteiger partial charge in [0.05, 0.1) is 5.56 Å². The van der Waals surface area contributed by atoms with Crippen molar-refractivity contribution in [1.82, 2.24) is 4.98 Å². The number of halogens is 1. The summed E-state index contributed by atoms with van der Waals surface area (Å²) in [6.45, 7) is 1.67. The molecule has 2 aromatic rings. The molecule has 0 aliphatic carbocycles. The fourth-order valence-electron chi connectivity index (χ4n) is 1.63.